The van der Waals surface area contributed by atoms with Gasteiger partial charge in [0.05, 0.1) is 12.7 Å². The zero-order valence-electron chi connectivity index (χ0n) is 16.7. The molecule has 1 amide bonds. The molecule has 0 fully saturated rings. The fourth-order valence-electron chi connectivity index (χ4n) is 3.76. The Labute approximate surface area is 168 Å². The van der Waals surface area contributed by atoms with E-state index in [2.05, 4.69) is 5.32 Å². The molecule has 1 N–H and O–H groups in total. The van der Waals surface area contributed by atoms with Crippen LogP contribution >= 0.6 is 0 Å². The fraction of sp³-hybridized carbons (Fsp3) is 0.217. The molecule has 2 heterocycles. The largest absolute Gasteiger partial charge is 0.497 e. The minimum atomic E-state index is -0.204. The Bertz CT molecular complexity index is 1270. The van der Waals surface area contributed by atoms with E-state index in [1.165, 1.54) is 0 Å². The number of benzene rings is 2. The van der Waals surface area contributed by atoms with Crippen molar-refractivity contribution >= 4 is 27.7 Å². The summed E-state index contributed by atoms with van der Waals surface area (Å²) in [5, 5.41) is 4.59. The van der Waals surface area contributed by atoms with Crippen molar-refractivity contribution in [3.05, 3.63) is 76.2 Å². The molecule has 6 heteroatoms. The average Bonchev–Trinajstić information content (AvgIpc) is 3.06. The van der Waals surface area contributed by atoms with Crippen LogP contribution in [-0.2, 0) is 20.1 Å². The average molecular weight is 389 g/mol. The summed E-state index contributed by atoms with van der Waals surface area (Å²) < 4.78 is 8.63. The number of rotatable bonds is 5. The lowest BCUT2D eigenvalue weighted by Crippen LogP contribution is -2.27. The van der Waals surface area contributed by atoms with E-state index >= 15 is 0 Å². The van der Waals surface area contributed by atoms with Crippen molar-refractivity contribution in [3.8, 4) is 5.75 Å². The van der Waals surface area contributed by atoms with E-state index in [9.17, 15) is 9.59 Å². The lowest BCUT2D eigenvalue weighted by Gasteiger charge is -2.11. The number of aromatic nitrogens is 2. The Kier molecular flexibility index (Phi) is 4.84. The second-order valence-electron chi connectivity index (χ2n) is 6.96. The van der Waals surface area contributed by atoms with Crippen LogP contribution in [0, 0.1) is 0 Å². The summed E-state index contributed by atoms with van der Waals surface area (Å²) >= 11 is 0. The highest BCUT2D eigenvalue weighted by Crippen LogP contribution is 2.29. The molecule has 0 saturated carbocycles. The van der Waals surface area contributed by atoms with Gasteiger partial charge in [-0.05, 0) is 30.7 Å². The topological polar surface area (TPSA) is 65.3 Å². The van der Waals surface area contributed by atoms with Crippen LogP contribution in [0.25, 0.3) is 21.8 Å². The van der Waals surface area contributed by atoms with E-state index in [0.29, 0.717) is 29.6 Å². The van der Waals surface area contributed by atoms with Gasteiger partial charge in [-0.25, -0.2) is 0 Å². The Balaban J connectivity index is 1.79. The minimum absolute atomic E-state index is 0.0899. The van der Waals surface area contributed by atoms with Gasteiger partial charge < -0.3 is 19.2 Å². The summed E-state index contributed by atoms with van der Waals surface area (Å²) in [6.07, 6.45) is 1.67. The molecule has 0 atom stereocenters. The highest BCUT2D eigenvalue weighted by atomic mass is 16.5. The Morgan fingerprint density at radius 3 is 2.52 bits per heavy atom. The van der Waals surface area contributed by atoms with Gasteiger partial charge in [-0.15, -0.1) is 0 Å². The lowest BCUT2D eigenvalue weighted by molar-refractivity contribution is 0.0952. The van der Waals surface area contributed by atoms with Crippen LogP contribution in [-0.4, -0.2) is 22.2 Å². The molecule has 0 radical (unpaired) electrons. The third kappa shape index (κ3) is 3.16. The standard InChI is InChI=1S/C23H23N3O3/c1-4-26-14-18(22(27)24-13-15-9-11-16(29-3)12-10-15)20-17-7-5-6-8-19(17)25(2)21(20)23(26)28/h5-12,14H,4,13H2,1-3H3,(H,24,27). The highest BCUT2D eigenvalue weighted by molar-refractivity contribution is 6.17. The molecule has 4 rings (SSSR count). The predicted octanol–water partition coefficient (Wildman–Crippen LogP) is 3.45. The van der Waals surface area contributed by atoms with Gasteiger partial charge in [0.25, 0.3) is 11.5 Å². The number of carbonyl (C=O) groups is 1. The molecule has 6 nitrogen and oxygen atoms in total. The maximum absolute atomic E-state index is 13.1. The van der Waals surface area contributed by atoms with Crippen molar-refractivity contribution in [2.45, 2.75) is 20.0 Å². The van der Waals surface area contributed by atoms with Crippen molar-refractivity contribution in [2.24, 2.45) is 7.05 Å². The maximum atomic E-state index is 13.1. The van der Waals surface area contributed by atoms with Crippen LogP contribution in [0.5, 0.6) is 5.75 Å². The van der Waals surface area contributed by atoms with Gasteiger partial charge in [0.2, 0.25) is 0 Å². The first kappa shape index (κ1) is 18.8. The summed E-state index contributed by atoms with van der Waals surface area (Å²) in [5.74, 6) is 0.567. The number of carbonyl (C=O) groups excluding carboxylic acids is 1. The van der Waals surface area contributed by atoms with Crippen LogP contribution in [0.15, 0.2) is 59.5 Å². The summed E-state index contributed by atoms with van der Waals surface area (Å²) in [6, 6.07) is 15.3. The molecule has 0 aliphatic heterocycles. The summed E-state index contributed by atoms with van der Waals surface area (Å²) in [5.41, 5.74) is 2.86. The normalized spacial score (nSPS) is 11.1. The Morgan fingerprint density at radius 1 is 1.10 bits per heavy atom. The van der Waals surface area contributed by atoms with Gasteiger partial charge in [0.15, 0.2) is 0 Å². The lowest BCUT2D eigenvalue weighted by atomic mass is 10.1. The molecule has 0 aliphatic carbocycles. The van der Waals surface area contributed by atoms with Gasteiger partial charge in [0.1, 0.15) is 11.3 Å². The first-order valence-electron chi connectivity index (χ1n) is 9.56. The smallest absolute Gasteiger partial charge is 0.275 e. The number of nitrogens with zero attached hydrogens (tertiary/aromatic N) is 2. The quantitative estimate of drug-likeness (QED) is 0.569. The van der Waals surface area contributed by atoms with E-state index in [1.54, 1.807) is 17.9 Å². The number of fused-ring (bicyclic) bond motifs is 3. The second-order valence-corrected chi connectivity index (χ2v) is 6.96. The Morgan fingerprint density at radius 2 is 1.83 bits per heavy atom. The second kappa shape index (κ2) is 7.47. The predicted molar refractivity (Wildman–Crippen MR) is 115 cm³/mol. The molecule has 0 spiro atoms. The van der Waals surface area contributed by atoms with Gasteiger partial charge >= 0.3 is 0 Å². The number of pyridine rings is 1. The number of hydrogen-bond acceptors (Lipinski definition) is 3. The molecular formula is C23H23N3O3. The number of ether oxygens (including phenoxy) is 1. The highest BCUT2D eigenvalue weighted by Gasteiger charge is 2.20. The van der Waals surface area contributed by atoms with Crippen LogP contribution in [0.2, 0.25) is 0 Å². The molecule has 29 heavy (non-hydrogen) atoms. The van der Waals surface area contributed by atoms with Crippen LogP contribution < -0.4 is 15.6 Å². The molecule has 0 unspecified atom stereocenters. The third-order valence-electron chi connectivity index (χ3n) is 5.32. The summed E-state index contributed by atoms with van der Waals surface area (Å²) in [4.78, 5) is 26.1. The molecule has 4 aromatic rings. The number of para-hydroxylation sites is 1. The van der Waals surface area contributed by atoms with E-state index in [4.69, 9.17) is 4.74 Å². The first-order valence-corrected chi connectivity index (χ1v) is 9.56. The number of nitrogens with one attached hydrogen (secondary N) is 1. The van der Waals surface area contributed by atoms with E-state index < -0.39 is 0 Å². The molecule has 0 aliphatic rings. The molecule has 148 valence electrons. The number of aryl methyl sites for hydroxylation is 2. The van der Waals surface area contributed by atoms with Crippen LogP contribution in [0.4, 0.5) is 0 Å². The molecule has 0 saturated heterocycles. The van der Waals surface area contributed by atoms with Gasteiger partial charge in [-0.2, -0.15) is 0 Å². The zero-order valence-corrected chi connectivity index (χ0v) is 16.7. The molecule has 0 bridgehead atoms. The number of hydrogen-bond donors (Lipinski definition) is 1. The van der Waals surface area contributed by atoms with Crippen LogP contribution in [0.1, 0.15) is 22.8 Å². The van der Waals surface area contributed by atoms with E-state index in [1.807, 2.05) is 67.1 Å². The molecule has 2 aromatic carbocycles. The van der Waals surface area contributed by atoms with Crippen molar-refractivity contribution < 1.29 is 9.53 Å². The maximum Gasteiger partial charge on any atom is 0.275 e. The zero-order chi connectivity index (χ0) is 20.5. The Hall–Kier alpha value is -3.54. The van der Waals surface area contributed by atoms with Crippen molar-refractivity contribution in [1.82, 2.24) is 14.5 Å². The van der Waals surface area contributed by atoms with Crippen molar-refractivity contribution in [2.75, 3.05) is 7.11 Å². The fourth-order valence-corrected chi connectivity index (χ4v) is 3.76. The minimum Gasteiger partial charge on any atom is -0.497 e. The first-order chi connectivity index (χ1) is 14.0. The number of methoxy groups -OCH3 is 1. The third-order valence-corrected chi connectivity index (χ3v) is 5.32. The van der Waals surface area contributed by atoms with Gasteiger partial charge in [0, 0.05) is 42.6 Å². The van der Waals surface area contributed by atoms with Crippen LogP contribution in [0.3, 0.4) is 0 Å². The summed E-state index contributed by atoms with van der Waals surface area (Å²) in [6.45, 7) is 2.78. The number of amides is 1. The van der Waals surface area contributed by atoms with E-state index in [-0.39, 0.29) is 11.5 Å². The van der Waals surface area contributed by atoms with Crippen molar-refractivity contribution in [3.63, 3.8) is 0 Å². The van der Waals surface area contributed by atoms with Gasteiger partial charge in [-0.3, -0.25) is 9.59 Å². The summed E-state index contributed by atoms with van der Waals surface area (Å²) in [7, 11) is 3.49. The monoisotopic (exact) mass is 389 g/mol. The van der Waals surface area contributed by atoms with Gasteiger partial charge in [-0.1, -0.05) is 30.3 Å². The van der Waals surface area contributed by atoms with E-state index in [0.717, 1.165) is 22.2 Å². The molecule has 2 aromatic heterocycles. The SMILES string of the molecule is CCn1cc(C(=O)NCc2ccc(OC)cc2)c2c3ccccc3n(C)c2c1=O. The van der Waals surface area contributed by atoms with Crippen molar-refractivity contribution in [1.29, 1.82) is 0 Å². The molecular weight excluding hydrogens is 366 g/mol.